The highest BCUT2D eigenvalue weighted by Gasteiger charge is 2.21. The molecular weight excluding hydrogens is 278 g/mol. The van der Waals surface area contributed by atoms with E-state index in [0.29, 0.717) is 19.1 Å². The molecule has 0 amide bonds. The molecule has 4 nitrogen and oxygen atoms in total. The molecule has 1 aromatic carbocycles. The number of β-amino-alcohol motifs (C(OH)–C–C–N with tert-alkyl or cyclic N) is 1. The van der Waals surface area contributed by atoms with Crippen molar-refractivity contribution in [3.63, 3.8) is 0 Å². The predicted octanol–water partition coefficient (Wildman–Crippen LogP) is 2.40. The zero-order valence-corrected chi connectivity index (χ0v) is 14.0. The van der Waals surface area contributed by atoms with E-state index in [1.807, 2.05) is 12.1 Å². The molecule has 1 saturated heterocycles. The fourth-order valence-corrected chi connectivity index (χ4v) is 3.25. The van der Waals surface area contributed by atoms with E-state index < -0.39 is 6.10 Å². The number of methoxy groups -OCH3 is 1. The number of hydrogen-bond acceptors (Lipinski definition) is 4. The molecule has 0 aliphatic carbocycles. The SMILES string of the molecule is COCC1CCCN(CC(O)COc2cc(C)cc(C)c2)C1. The molecule has 0 saturated carbocycles. The van der Waals surface area contributed by atoms with Gasteiger partial charge in [-0.15, -0.1) is 0 Å². The number of piperidine rings is 1. The maximum absolute atomic E-state index is 10.2. The van der Waals surface area contributed by atoms with Gasteiger partial charge in [0.25, 0.3) is 0 Å². The number of aryl methyl sites for hydroxylation is 2. The van der Waals surface area contributed by atoms with Gasteiger partial charge in [-0.1, -0.05) is 6.07 Å². The number of ether oxygens (including phenoxy) is 2. The minimum atomic E-state index is -0.456. The summed E-state index contributed by atoms with van der Waals surface area (Å²) >= 11 is 0. The first-order chi connectivity index (χ1) is 10.6. The molecular formula is C18H29NO3. The van der Waals surface area contributed by atoms with Crippen molar-refractivity contribution in [2.75, 3.05) is 40.0 Å². The van der Waals surface area contributed by atoms with Gasteiger partial charge in [0.15, 0.2) is 0 Å². The zero-order valence-electron chi connectivity index (χ0n) is 14.0. The average molecular weight is 307 g/mol. The van der Waals surface area contributed by atoms with Crippen molar-refractivity contribution in [1.29, 1.82) is 0 Å². The second kappa shape index (κ2) is 8.51. The number of nitrogens with zero attached hydrogens (tertiary/aromatic N) is 1. The lowest BCUT2D eigenvalue weighted by Crippen LogP contribution is -2.42. The number of likely N-dealkylation sites (tertiary alicyclic amines) is 1. The standard InChI is InChI=1S/C18H29NO3/c1-14-7-15(2)9-18(8-14)22-13-17(20)11-19-6-4-5-16(10-19)12-21-3/h7-9,16-17,20H,4-6,10-13H2,1-3H3. The molecule has 1 N–H and O–H groups in total. The van der Waals surface area contributed by atoms with Crippen LogP contribution in [0, 0.1) is 19.8 Å². The van der Waals surface area contributed by atoms with E-state index in [1.54, 1.807) is 7.11 Å². The summed E-state index contributed by atoms with van der Waals surface area (Å²) in [5.74, 6) is 1.43. The van der Waals surface area contributed by atoms with E-state index in [2.05, 4.69) is 24.8 Å². The summed E-state index contributed by atoms with van der Waals surface area (Å²) in [7, 11) is 1.76. The third-order valence-electron chi connectivity index (χ3n) is 4.11. The second-order valence-corrected chi connectivity index (χ2v) is 6.51. The van der Waals surface area contributed by atoms with Crippen LogP contribution in [0.3, 0.4) is 0 Å². The van der Waals surface area contributed by atoms with E-state index in [1.165, 1.54) is 24.0 Å². The van der Waals surface area contributed by atoms with Crippen molar-refractivity contribution in [3.8, 4) is 5.75 Å². The highest BCUT2D eigenvalue weighted by Crippen LogP contribution is 2.18. The fraction of sp³-hybridized carbons (Fsp3) is 0.667. The van der Waals surface area contributed by atoms with Gasteiger partial charge in [0.2, 0.25) is 0 Å². The summed E-state index contributed by atoms with van der Waals surface area (Å²) in [6.45, 7) is 8.00. The Morgan fingerprint density at radius 3 is 2.68 bits per heavy atom. The molecule has 124 valence electrons. The molecule has 2 rings (SSSR count). The minimum absolute atomic E-state index is 0.342. The lowest BCUT2D eigenvalue weighted by molar-refractivity contribution is 0.0371. The summed E-state index contributed by atoms with van der Waals surface area (Å²) in [6, 6.07) is 6.14. The Bertz CT molecular complexity index is 441. The summed E-state index contributed by atoms with van der Waals surface area (Å²) < 4.78 is 11.0. The first kappa shape index (κ1) is 17.3. The van der Waals surface area contributed by atoms with Crippen LogP contribution < -0.4 is 4.74 Å². The van der Waals surface area contributed by atoms with E-state index in [0.717, 1.165) is 25.4 Å². The smallest absolute Gasteiger partial charge is 0.119 e. The topological polar surface area (TPSA) is 41.9 Å². The lowest BCUT2D eigenvalue weighted by atomic mass is 9.99. The van der Waals surface area contributed by atoms with Crippen LogP contribution in [0.5, 0.6) is 5.75 Å². The quantitative estimate of drug-likeness (QED) is 0.840. The molecule has 1 aromatic rings. The van der Waals surface area contributed by atoms with E-state index in [-0.39, 0.29) is 0 Å². The Hall–Kier alpha value is -1.10. The first-order valence-electron chi connectivity index (χ1n) is 8.17. The lowest BCUT2D eigenvalue weighted by Gasteiger charge is -2.33. The van der Waals surface area contributed by atoms with Crippen LogP contribution in [0.1, 0.15) is 24.0 Å². The fourth-order valence-electron chi connectivity index (χ4n) is 3.25. The third kappa shape index (κ3) is 5.59. The van der Waals surface area contributed by atoms with Crippen LogP contribution >= 0.6 is 0 Å². The van der Waals surface area contributed by atoms with Gasteiger partial charge in [-0.2, -0.15) is 0 Å². The number of rotatable bonds is 7. The Balaban J connectivity index is 1.76. The average Bonchev–Trinajstić information content (AvgIpc) is 2.45. The number of hydrogen-bond donors (Lipinski definition) is 1. The molecule has 4 heteroatoms. The van der Waals surface area contributed by atoms with E-state index >= 15 is 0 Å². The van der Waals surface area contributed by atoms with Gasteiger partial charge in [-0.3, -0.25) is 0 Å². The molecule has 2 unspecified atom stereocenters. The van der Waals surface area contributed by atoms with Crippen LogP contribution in [-0.2, 0) is 4.74 Å². The van der Waals surface area contributed by atoms with Crippen LogP contribution in [0.15, 0.2) is 18.2 Å². The van der Waals surface area contributed by atoms with E-state index in [9.17, 15) is 5.11 Å². The summed E-state index contributed by atoms with van der Waals surface area (Å²) in [6.07, 6.45) is 1.94. The molecule has 1 fully saturated rings. The van der Waals surface area contributed by atoms with Gasteiger partial charge < -0.3 is 19.5 Å². The van der Waals surface area contributed by atoms with Gasteiger partial charge in [0, 0.05) is 20.2 Å². The van der Waals surface area contributed by atoms with Crippen LogP contribution in [0.4, 0.5) is 0 Å². The maximum Gasteiger partial charge on any atom is 0.119 e. The van der Waals surface area contributed by atoms with Crippen molar-refractivity contribution >= 4 is 0 Å². The van der Waals surface area contributed by atoms with Crippen LogP contribution in [0.2, 0.25) is 0 Å². The monoisotopic (exact) mass is 307 g/mol. The van der Waals surface area contributed by atoms with Gasteiger partial charge in [0.1, 0.15) is 18.5 Å². The van der Waals surface area contributed by atoms with Crippen LogP contribution in [0.25, 0.3) is 0 Å². The number of aliphatic hydroxyl groups is 1. The molecule has 1 aliphatic rings. The highest BCUT2D eigenvalue weighted by molar-refractivity contribution is 5.32. The van der Waals surface area contributed by atoms with Gasteiger partial charge in [-0.05, 0) is 62.4 Å². The summed E-state index contributed by atoms with van der Waals surface area (Å²) in [5.41, 5.74) is 2.37. The van der Waals surface area contributed by atoms with Crippen LogP contribution in [-0.4, -0.2) is 56.1 Å². The summed E-state index contributed by atoms with van der Waals surface area (Å²) in [5, 5.41) is 10.2. The predicted molar refractivity (Wildman–Crippen MR) is 88.5 cm³/mol. The van der Waals surface area contributed by atoms with E-state index in [4.69, 9.17) is 9.47 Å². The Morgan fingerprint density at radius 1 is 1.27 bits per heavy atom. The number of benzene rings is 1. The van der Waals surface area contributed by atoms with Gasteiger partial charge in [-0.25, -0.2) is 0 Å². The highest BCUT2D eigenvalue weighted by atomic mass is 16.5. The van der Waals surface area contributed by atoms with Crippen molar-refractivity contribution in [3.05, 3.63) is 29.3 Å². The Kier molecular flexibility index (Phi) is 6.68. The molecule has 22 heavy (non-hydrogen) atoms. The molecule has 1 aliphatic heterocycles. The van der Waals surface area contributed by atoms with Crippen molar-refractivity contribution < 1.29 is 14.6 Å². The molecule has 0 radical (unpaired) electrons. The molecule has 0 spiro atoms. The second-order valence-electron chi connectivity index (χ2n) is 6.51. The van der Waals surface area contributed by atoms with Gasteiger partial charge >= 0.3 is 0 Å². The largest absolute Gasteiger partial charge is 0.491 e. The molecule has 1 heterocycles. The summed E-state index contributed by atoms with van der Waals surface area (Å²) in [4.78, 5) is 2.32. The van der Waals surface area contributed by atoms with Crippen molar-refractivity contribution in [1.82, 2.24) is 4.90 Å². The number of aliphatic hydroxyl groups excluding tert-OH is 1. The third-order valence-corrected chi connectivity index (χ3v) is 4.11. The zero-order chi connectivity index (χ0) is 15.9. The van der Waals surface area contributed by atoms with Crippen molar-refractivity contribution in [2.45, 2.75) is 32.8 Å². The molecule has 2 atom stereocenters. The minimum Gasteiger partial charge on any atom is -0.491 e. The molecule has 0 aromatic heterocycles. The Morgan fingerprint density at radius 2 is 2.00 bits per heavy atom. The molecule has 0 bridgehead atoms. The van der Waals surface area contributed by atoms with Gasteiger partial charge in [0.05, 0.1) is 6.61 Å². The Labute approximate surface area is 134 Å². The normalized spacial score (nSPS) is 20.8. The first-order valence-corrected chi connectivity index (χ1v) is 8.17. The maximum atomic E-state index is 10.2. The van der Waals surface area contributed by atoms with Crippen molar-refractivity contribution in [2.24, 2.45) is 5.92 Å².